The molecule has 0 spiro atoms. The Morgan fingerprint density at radius 3 is 2.47 bits per heavy atom. The Kier molecular flexibility index (Phi) is 3.19. The van der Waals surface area contributed by atoms with E-state index in [2.05, 4.69) is 0 Å². The van der Waals surface area contributed by atoms with Crippen molar-refractivity contribution in [1.82, 2.24) is 0 Å². The summed E-state index contributed by atoms with van der Waals surface area (Å²) >= 11 is 0. The van der Waals surface area contributed by atoms with Gasteiger partial charge in [-0.25, -0.2) is 0 Å². The van der Waals surface area contributed by atoms with Gasteiger partial charge in [0.25, 0.3) is 0 Å². The summed E-state index contributed by atoms with van der Waals surface area (Å²) in [6.45, 7) is 2.59. The minimum absolute atomic E-state index is 0.211. The Morgan fingerprint density at radius 2 is 1.82 bits per heavy atom. The second kappa shape index (κ2) is 4.78. The van der Waals surface area contributed by atoms with Gasteiger partial charge >= 0.3 is 0 Å². The molecule has 3 nitrogen and oxygen atoms in total. The van der Waals surface area contributed by atoms with Crippen LogP contribution in [0.4, 0.5) is 5.69 Å². The molecule has 3 N–H and O–H groups in total. The van der Waals surface area contributed by atoms with E-state index in [1.807, 2.05) is 31.2 Å². The molecular formula is C14H15NO2. The summed E-state index contributed by atoms with van der Waals surface area (Å²) in [6, 6.07) is 12.6. The minimum atomic E-state index is 0.211. The van der Waals surface area contributed by atoms with Crippen molar-refractivity contribution in [3.63, 3.8) is 0 Å². The smallest absolute Gasteiger partial charge is 0.119 e. The third kappa shape index (κ3) is 2.50. The van der Waals surface area contributed by atoms with Crippen LogP contribution in [0.2, 0.25) is 0 Å². The number of nitrogen functional groups attached to an aromatic ring is 1. The van der Waals surface area contributed by atoms with Crippen LogP contribution in [0.25, 0.3) is 11.1 Å². The van der Waals surface area contributed by atoms with Crippen LogP contribution in [-0.2, 0) is 0 Å². The first-order chi connectivity index (χ1) is 8.20. The van der Waals surface area contributed by atoms with Crippen molar-refractivity contribution in [3.8, 4) is 22.6 Å². The molecule has 0 atom stereocenters. The fraction of sp³-hybridized carbons (Fsp3) is 0.143. The van der Waals surface area contributed by atoms with Gasteiger partial charge < -0.3 is 15.6 Å². The Morgan fingerprint density at radius 1 is 1.12 bits per heavy atom. The molecule has 0 fully saturated rings. The van der Waals surface area contributed by atoms with Crippen LogP contribution in [-0.4, -0.2) is 11.7 Å². The second-order valence-corrected chi connectivity index (χ2v) is 3.73. The van der Waals surface area contributed by atoms with Gasteiger partial charge in [0, 0.05) is 11.3 Å². The molecule has 0 unspecified atom stereocenters. The highest BCUT2D eigenvalue weighted by Crippen LogP contribution is 2.30. The van der Waals surface area contributed by atoms with Gasteiger partial charge in [0.15, 0.2) is 0 Å². The zero-order valence-electron chi connectivity index (χ0n) is 9.68. The van der Waals surface area contributed by atoms with Crippen LogP contribution in [0, 0.1) is 0 Å². The highest BCUT2D eigenvalue weighted by Gasteiger charge is 2.04. The lowest BCUT2D eigenvalue weighted by molar-refractivity contribution is 0.340. The predicted octanol–water partition coefficient (Wildman–Crippen LogP) is 3.04. The monoisotopic (exact) mass is 229 g/mol. The quantitative estimate of drug-likeness (QED) is 0.628. The van der Waals surface area contributed by atoms with Gasteiger partial charge in [-0.05, 0) is 42.8 Å². The summed E-state index contributed by atoms with van der Waals surface area (Å²) in [7, 11) is 0. The fourth-order valence-corrected chi connectivity index (χ4v) is 1.69. The van der Waals surface area contributed by atoms with E-state index in [9.17, 15) is 5.11 Å². The Hall–Kier alpha value is -2.16. The molecule has 0 aromatic heterocycles. The number of phenols is 1. The number of rotatable bonds is 3. The van der Waals surface area contributed by atoms with E-state index >= 15 is 0 Å². The molecule has 0 saturated carbocycles. The number of aromatic hydroxyl groups is 1. The van der Waals surface area contributed by atoms with E-state index in [0.717, 1.165) is 16.9 Å². The van der Waals surface area contributed by atoms with Crippen LogP contribution in [0.15, 0.2) is 42.5 Å². The number of nitrogens with two attached hydrogens (primary N) is 1. The van der Waals surface area contributed by atoms with Crippen molar-refractivity contribution in [2.75, 3.05) is 12.3 Å². The zero-order chi connectivity index (χ0) is 12.3. The average Bonchev–Trinajstić information content (AvgIpc) is 2.34. The summed E-state index contributed by atoms with van der Waals surface area (Å²) in [5.74, 6) is 1.04. The van der Waals surface area contributed by atoms with Gasteiger partial charge in [-0.3, -0.25) is 0 Å². The van der Waals surface area contributed by atoms with E-state index in [-0.39, 0.29) is 5.75 Å². The SMILES string of the molecule is CCOc1ccc(-c2cc(O)ccc2N)cc1. The molecule has 0 saturated heterocycles. The molecular weight excluding hydrogens is 214 g/mol. The first-order valence-corrected chi connectivity index (χ1v) is 5.52. The molecule has 2 rings (SSSR count). The maximum Gasteiger partial charge on any atom is 0.119 e. The van der Waals surface area contributed by atoms with E-state index in [1.54, 1.807) is 18.2 Å². The van der Waals surface area contributed by atoms with Crippen LogP contribution < -0.4 is 10.5 Å². The van der Waals surface area contributed by atoms with Gasteiger partial charge in [0.05, 0.1) is 6.61 Å². The van der Waals surface area contributed by atoms with Crippen molar-refractivity contribution in [1.29, 1.82) is 0 Å². The number of benzene rings is 2. The van der Waals surface area contributed by atoms with Gasteiger partial charge in [-0.2, -0.15) is 0 Å². The molecule has 0 aliphatic heterocycles. The summed E-state index contributed by atoms with van der Waals surface area (Å²) < 4.78 is 5.37. The fourth-order valence-electron chi connectivity index (χ4n) is 1.69. The molecule has 0 heterocycles. The maximum atomic E-state index is 9.46. The molecule has 0 bridgehead atoms. The van der Waals surface area contributed by atoms with Gasteiger partial charge in [-0.1, -0.05) is 12.1 Å². The van der Waals surface area contributed by atoms with Crippen molar-refractivity contribution in [3.05, 3.63) is 42.5 Å². The van der Waals surface area contributed by atoms with Crippen molar-refractivity contribution in [2.24, 2.45) is 0 Å². The minimum Gasteiger partial charge on any atom is -0.508 e. The van der Waals surface area contributed by atoms with Gasteiger partial charge in [-0.15, -0.1) is 0 Å². The molecule has 2 aromatic carbocycles. The predicted molar refractivity (Wildman–Crippen MR) is 69.1 cm³/mol. The topological polar surface area (TPSA) is 55.5 Å². The van der Waals surface area contributed by atoms with Crippen molar-refractivity contribution >= 4 is 5.69 Å². The highest BCUT2D eigenvalue weighted by atomic mass is 16.5. The summed E-state index contributed by atoms with van der Waals surface area (Å²) in [5, 5.41) is 9.46. The lowest BCUT2D eigenvalue weighted by atomic mass is 10.0. The zero-order valence-corrected chi connectivity index (χ0v) is 9.68. The molecule has 88 valence electrons. The third-order valence-electron chi connectivity index (χ3n) is 2.51. The van der Waals surface area contributed by atoms with E-state index in [1.165, 1.54) is 0 Å². The van der Waals surface area contributed by atoms with Crippen molar-refractivity contribution < 1.29 is 9.84 Å². The van der Waals surface area contributed by atoms with Gasteiger partial charge in [0.2, 0.25) is 0 Å². The van der Waals surface area contributed by atoms with E-state index < -0.39 is 0 Å². The molecule has 2 aromatic rings. The molecule has 0 aliphatic rings. The van der Waals surface area contributed by atoms with E-state index in [4.69, 9.17) is 10.5 Å². The normalized spacial score (nSPS) is 10.2. The Balaban J connectivity index is 2.36. The number of anilines is 1. The molecule has 17 heavy (non-hydrogen) atoms. The maximum absolute atomic E-state index is 9.46. The van der Waals surface area contributed by atoms with Gasteiger partial charge in [0.1, 0.15) is 11.5 Å². The largest absolute Gasteiger partial charge is 0.508 e. The number of hydrogen-bond acceptors (Lipinski definition) is 3. The lowest BCUT2D eigenvalue weighted by Crippen LogP contribution is -1.92. The highest BCUT2D eigenvalue weighted by molar-refractivity contribution is 5.77. The van der Waals surface area contributed by atoms with Crippen LogP contribution >= 0.6 is 0 Å². The number of hydrogen-bond donors (Lipinski definition) is 2. The number of ether oxygens (including phenoxy) is 1. The summed E-state index contributed by atoms with van der Waals surface area (Å²) in [6.07, 6.45) is 0. The third-order valence-corrected chi connectivity index (χ3v) is 2.51. The van der Waals surface area contributed by atoms with E-state index in [0.29, 0.717) is 12.3 Å². The van der Waals surface area contributed by atoms with Crippen molar-refractivity contribution in [2.45, 2.75) is 6.92 Å². The van der Waals surface area contributed by atoms with Crippen LogP contribution in [0.1, 0.15) is 6.92 Å². The second-order valence-electron chi connectivity index (χ2n) is 3.73. The summed E-state index contributed by atoms with van der Waals surface area (Å²) in [4.78, 5) is 0. The molecule has 0 amide bonds. The average molecular weight is 229 g/mol. The first-order valence-electron chi connectivity index (χ1n) is 5.52. The summed E-state index contributed by atoms with van der Waals surface area (Å²) in [5.41, 5.74) is 8.31. The molecule has 0 aliphatic carbocycles. The molecule has 0 radical (unpaired) electrons. The van der Waals surface area contributed by atoms with Crippen LogP contribution in [0.5, 0.6) is 11.5 Å². The lowest BCUT2D eigenvalue weighted by Gasteiger charge is -2.08. The standard InChI is InChI=1S/C14H15NO2/c1-2-17-12-6-3-10(4-7-12)13-9-11(16)5-8-14(13)15/h3-9,16H,2,15H2,1H3. The molecule has 3 heteroatoms. The first kappa shape index (κ1) is 11.3. The Labute approximate surface area is 100 Å². The van der Waals surface area contributed by atoms with Crippen LogP contribution in [0.3, 0.4) is 0 Å². The Bertz CT molecular complexity index is 506. The number of phenolic OH excluding ortho intramolecular Hbond substituents is 1.